The number of carbonyl (C=O) groups excluding carboxylic acids is 1. The number of para-hydroxylation sites is 1. The van der Waals surface area contributed by atoms with E-state index in [0.717, 1.165) is 43.1 Å². The van der Waals surface area contributed by atoms with Crippen molar-refractivity contribution in [3.8, 4) is 5.75 Å². The first kappa shape index (κ1) is 11.3. The summed E-state index contributed by atoms with van der Waals surface area (Å²) < 4.78 is 5.62. The van der Waals surface area contributed by atoms with E-state index in [-0.39, 0.29) is 5.91 Å². The normalized spacial score (nSPS) is 18.7. The van der Waals surface area contributed by atoms with E-state index in [4.69, 9.17) is 4.74 Å². The minimum Gasteiger partial charge on any atom is -0.488 e. The van der Waals surface area contributed by atoms with Gasteiger partial charge in [0.1, 0.15) is 12.4 Å². The lowest BCUT2D eigenvalue weighted by Gasteiger charge is -2.29. The van der Waals surface area contributed by atoms with Crippen LogP contribution in [-0.4, -0.2) is 43.6 Å². The van der Waals surface area contributed by atoms with Gasteiger partial charge in [-0.3, -0.25) is 4.79 Å². The first-order valence-corrected chi connectivity index (χ1v) is 6.27. The largest absolute Gasteiger partial charge is 0.488 e. The molecule has 2 heterocycles. The molecule has 0 spiro atoms. The molecule has 1 amide bonds. The van der Waals surface area contributed by atoms with Gasteiger partial charge in [0, 0.05) is 31.7 Å². The van der Waals surface area contributed by atoms with E-state index in [9.17, 15) is 4.79 Å². The van der Waals surface area contributed by atoms with Gasteiger partial charge in [0.05, 0.1) is 5.57 Å². The average Bonchev–Trinajstić information content (AvgIpc) is 2.47. The molecule has 0 aliphatic carbocycles. The molecule has 94 valence electrons. The van der Waals surface area contributed by atoms with Crippen molar-refractivity contribution in [1.29, 1.82) is 0 Å². The van der Waals surface area contributed by atoms with Crippen LogP contribution < -0.4 is 10.1 Å². The number of nitrogens with one attached hydrogen (secondary N) is 1. The Labute approximate surface area is 106 Å². The van der Waals surface area contributed by atoms with Crippen LogP contribution in [0.25, 0.3) is 6.08 Å². The molecule has 0 radical (unpaired) electrons. The highest BCUT2D eigenvalue weighted by Crippen LogP contribution is 2.26. The van der Waals surface area contributed by atoms with E-state index in [1.807, 2.05) is 35.2 Å². The van der Waals surface area contributed by atoms with E-state index < -0.39 is 0 Å². The molecule has 0 aromatic heterocycles. The standard InChI is InChI=1S/C14H16N2O2/c17-14(16-7-5-15-6-8-16)12-9-11-3-1-2-4-13(11)18-10-12/h1-4,9,15H,5-8,10H2. The van der Waals surface area contributed by atoms with Crippen LogP contribution in [-0.2, 0) is 4.79 Å². The highest BCUT2D eigenvalue weighted by Gasteiger charge is 2.23. The number of piperazine rings is 1. The van der Waals surface area contributed by atoms with Crippen molar-refractivity contribution in [3.05, 3.63) is 35.4 Å². The van der Waals surface area contributed by atoms with Crippen LogP contribution in [0.5, 0.6) is 5.75 Å². The Balaban J connectivity index is 1.81. The maximum absolute atomic E-state index is 12.3. The maximum Gasteiger partial charge on any atom is 0.253 e. The smallest absolute Gasteiger partial charge is 0.253 e. The molecule has 4 heteroatoms. The molecule has 18 heavy (non-hydrogen) atoms. The van der Waals surface area contributed by atoms with Gasteiger partial charge in [0.2, 0.25) is 0 Å². The summed E-state index contributed by atoms with van der Waals surface area (Å²) >= 11 is 0. The molecule has 4 nitrogen and oxygen atoms in total. The van der Waals surface area contributed by atoms with E-state index >= 15 is 0 Å². The molecular weight excluding hydrogens is 228 g/mol. The van der Waals surface area contributed by atoms with Gasteiger partial charge in [-0.25, -0.2) is 0 Å². The fourth-order valence-corrected chi connectivity index (χ4v) is 2.31. The zero-order valence-electron chi connectivity index (χ0n) is 10.2. The zero-order valence-corrected chi connectivity index (χ0v) is 10.2. The topological polar surface area (TPSA) is 41.6 Å². The molecule has 2 aliphatic heterocycles. The fourth-order valence-electron chi connectivity index (χ4n) is 2.31. The van der Waals surface area contributed by atoms with Crippen LogP contribution in [0, 0.1) is 0 Å². The van der Waals surface area contributed by atoms with E-state index in [1.165, 1.54) is 0 Å². The molecule has 0 unspecified atom stereocenters. The number of fused-ring (bicyclic) bond motifs is 1. The molecule has 2 aliphatic rings. The third-order valence-corrected chi connectivity index (χ3v) is 3.31. The summed E-state index contributed by atoms with van der Waals surface area (Å²) in [6.45, 7) is 3.67. The van der Waals surface area contributed by atoms with Crippen LogP contribution in [0.4, 0.5) is 0 Å². The Kier molecular flexibility index (Phi) is 3.02. The van der Waals surface area contributed by atoms with Crippen molar-refractivity contribution in [1.82, 2.24) is 10.2 Å². The number of hydrogen-bond donors (Lipinski definition) is 1. The summed E-state index contributed by atoms with van der Waals surface area (Å²) in [5, 5.41) is 3.24. The summed E-state index contributed by atoms with van der Waals surface area (Å²) in [6, 6.07) is 7.80. The van der Waals surface area contributed by atoms with E-state index in [1.54, 1.807) is 0 Å². The number of rotatable bonds is 1. The Bertz CT molecular complexity index is 490. The Hall–Kier alpha value is -1.81. The molecule has 1 saturated heterocycles. The molecule has 1 N–H and O–H groups in total. The number of ether oxygens (including phenoxy) is 1. The molecular formula is C14H16N2O2. The lowest BCUT2D eigenvalue weighted by Crippen LogP contribution is -2.47. The van der Waals surface area contributed by atoms with Crippen molar-refractivity contribution in [2.24, 2.45) is 0 Å². The van der Waals surface area contributed by atoms with Gasteiger partial charge in [-0.1, -0.05) is 18.2 Å². The first-order chi connectivity index (χ1) is 8.84. The van der Waals surface area contributed by atoms with Crippen LogP contribution in [0.15, 0.2) is 29.8 Å². The highest BCUT2D eigenvalue weighted by molar-refractivity contribution is 5.99. The van der Waals surface area contributed by atoms with Crippen LogP contribution in [0.1, 0.15) is 5.56 Å². The van der Waals surface area contributed by atoms with Gasteiger partial charge >= 0.3 is 0 Å². The highest BCUT2D eigenvalue weighted by atomic mass is 16.5. The quantitative estimate of drug-likeness (QED) is 0.798. The maximum atomic E-state index is 12.3. The van der Waals surface area contributed by atoms with Crippen LogP contribution >= 0.6 is 0 Å². The van der Waals surface area contributed by atoms with Crippen molar-refractivity contribution in [3.63, 3.8) is 0 Å². The van der Waals surface area contributed by atoms with Gasteiger partial charge in [-0.2, -0.15) is 0 Å². The molecule has 0 atom stereocenters. The van der Waals surface area contributed by atoms with Crippen molar-refractivity contribution in [2.45, 2.75) is 0 Å². The lowest BCUT2D eigenvalue weighted by atomic mass is 10.1. The van der Waals surface area contributed by atoms with Crippen molar-refractivity contribution < 1.29 is 9.53 Å². The number of amides is 1. The van der Waals surface area contributed by atoms with Crippen LogP contribution in [0.3, 0.4) is 0 Å². The van der Waals surface area contributed by atoms with Gasteiger partial charge in [-0.15, -0.1) is 0 Å². The number of nitrogens with zero attached hydrogens (tertiary/aromatic N) is 1. The van der Waals surface area contributed by atoms with Crippen LogP contribution in [0.2, 0.25) is 0 Å². The van der Waals surface area contributed by atoms with E-state index in [0.29, 0.717) is 6.61 Å². The predicted molar refractivity (Wildman–Crippen MR) is 69.4 cm³/mol. The first-order valence-electron chi connectivity index (χ1n) is 6.27. The summed E-state index contributed by atoms with van der Waals surface area (Å²) in [5.41, 5.74) is 1.73. The van der Waals surface area contributed by atoms with Gasteiger partial charge in [0.25, 0.3) is 5.91 Å². The SMILES string of the molecule is O=C(C1=Cc2ccccc2OC1)N1CCNCC1. The second-order valence-electron chi connectivity index (χ2n) is 4.54. The van der Waals surface area contributed by atoms with Crippen molar-refractivity contribution >= 4 is 12.0 Å². The van der Waals surface area contributed by atoms with Gasteiger partial charge < -0.3 is 15.0 Å². The van der Waals surface area contributed by atoms with Gasteiger partial charge in [0.15, 0.2) is 0 Å². The Morgan fingerprint density at radius 2 is 2.00 bits per heavy atom. The monoisotopic (exact) mass is 244 g/mol. The average molecular weight is 244 g/mol. The van der Waals surface area contributed by atoms with E-state index in [2.05, 4.69) is 5.32 Å². The molecule has 0 saturated carbocycles. The fraction of sp³-hybridized carbons (Fsp3) is 0.357. The summed E-state index contributed by atoms with van der Waals surface area (Å²) in [5.74, 6) is 0.959. The number of carbonyl (C=O) groups is 1. The molecule has 0 bridgehead atoms. The summed E-state index contributed by atoms with van der Waals surface area (Å²) in [6.07, 6.45) is 1.95. The molecule has 3 rings (SSSR count). The Morgan fingerprint density at radius 3 is 2.83 bits per heavy atom. The predicted octanol–water partition coefficient (Wildman–Crippen LogP) is 0.894. The second-order valence-corrected chi connectivity index (χ2v) is 4.54. The molecule has 1 aromatic carbocycles. The third-order valence-electron chi connectivity index (χ3n) is 3.31. The van der Waals surface area contributed by atoms with Gasteiger partial charge in [-0.05, 0) is 12.1 Å². The zero-order chi connectivity index (χ0) is 12.4. The second kappa shape index (κ2) is 4.82. The molecule has 1 fully saturated rings. The lowest BCUT2D eigenvalue weighted by molar-refractivity contribution is -0.128. The number of benzene rings is 1. The Morgan fingerprint density at radius 1 is 1.22 bits per heavy atom. The number of hydrogen-bond acceptors (Lipinski definition) is 3. The summed E-state index contributed by atoms with van der Waals surface area (Å²) in [7, 11) is 0. The third kappa shape index (κ3) is 2.11. The minimum atomic E-state index is 0.103. The summed E-state index contributed by atoms with van der Waals surface area (Å²) in [4.78, 5) is 14.2. The minimum absolute atomic E-state index is 0.103. The molecule has 1 aromatic rings. The van der Waals surface area contributed by atoms with Crippen molar-refractivity contribution in [2.75, 3.05) is 32.8 Å².